The van der Waals surface area contributed by atoms with Gasteiger partial charge in [0.1, 0.15) is 0 Å². The summed E-state index contributed by atoms with van der Waals surface area (Å²) in [5, 5.41) is 4.95. The Balaban J connectivity index is 1.19. The predicted molar refractivity (Wildman–Crippen MR) is 230 cm³/mol. The minimum absolute atomic E-state index is 0.172. The first-order valence-electron chi connectivity index (χ1n) is 18.8. The van der Waals surface area contributed by atoms with Gasteiger partial charge < -0.3 is 4.90 Å². The van der Waals surface area contributed by atoms with Crippen LogP contribution in [0, 0.1) is 0 Å². The first kappa shape index (κ1) is 32.0. The van der Waals surface area contributed by atoms with E-state index in [2.05, 4.69) is 219 Å². The zero-order chi connectivity index (χ0) is 36.2. The smallest absolute Gasteiger partial charge is 0.0540 e. The maximum absolute atomic E-state index is 2.45. The van der Waals surface area contributed by atoms with Crippen LogP contribution in [-0.4, -0.2) is 0 Å². The highest BCUT2D eigenvalue weighted by atomic mass is 15.1. The molecule has 0 radical (unpaired) electrons. The summed E-state index contributed by atoms with van der Waals surface area (Å²) in [6, 6.07) is 73.5. The molecule has 1 nitrogen and oxygen atoms in total. The first-order chi connectivity index (χ1) is 26.5. The molecule has 0 heterocycles. The summed E-state index contributed by atoms with van der Waals surface area (Å²) in [5.74, 6) is 0. The average Bonchev–Trinajstić information content (AvgIpc) is 3.46. The summed E-state index contributed by atoms with van der Waals surface area (Å²) in [7, 11) is 0. The molecular formula is C53H39N. The molecule has 0 unspecified atom stereocenters. The van der Waals surface area contributed by atoms with Gasteiger partial charge in [0.15, 0.2) is 0 Å². The third-order valence-corrected chi connectivity index (χ3v) is 11.4. The molecule has 0 spiro atoms. The number of benzene rings is 9. The molecule has 1 aliphatic rings. The quantitative estimate of drug-likeness (QED) is 0.168. The number of nitrogens with zero attached hydrogens (tertiary/aromatic N) is 1. The largest absolute Gasteiger partial charge is 0.310 e. The van der Waals surface area contributed by atoms with Crippen LogP contribution >= 0.6 is 0 Å². The molecule has 9 aromatic carbocycles. The third-order valence-electron chi connectivity index (χ3n) is 11.4. The Bertz CT molecular complexity index is 2850. The van der Waals surface area contributed by atoms with E-state index in [-0.39, 0.29) is 5.41 Å². The molecule has 0 saturated heterocycles. The highest BCUT2D eigenvalue weighted by molar-refractivity contribution is 6.02. The van der Waals surface area contributed by atoms with Gasteiger partial charge in [0.05, 0.1) is 5.69 Å². The van der Waals surface area contributed by atoms with Crippen molar-refractivity contribution >= 4 is 38.6 Å². The molecule has 1 heteroatoms. The van der Waals surface area contributed by atoms with Gasteiger partial charge in [0, 0.05) is 22.4 Å². The summed E-state index contributed by atoms with van der Waals surface area (Å²) < 4.78 is 0. The van der Waals surface area contributed by atoms with E-state index in [0.29, 0.717) is 0 Å². The monoisotopic (exact) mass is 689 g/mol. The fourth-order valence-corrected chi connectivity index (χ4v) is 8.73. The van der Waals surface area contributed by atoms with E-state index in [1.54, 1.807) is 0 Å². The first-order valence-corrected chi connectivity index (χ1v) is 18.8. The zero-order valence-electron chi connectivity index (χ0n) is 30.5. The molecule has 0 fully saturated rings. The highest BCUT2D eigenvalue weighted by Gasteiger charge is 2.37. The maximum atomic E-state index is 2.45. The number of fused-ring (bicyclic) bond motifs is 5. The number of hydrogen-bond acceptors (Lipinski definition) is 1. The van der Waals surface area contributed by atoms with Crippen molar-refractivity contribution in [3.8, 4) is 44.5 Å². The minimum Gasteiger partial charge on any atom is -0.310 e. The van der Waals surface area contributed by atoms with Gasteiger partial charge >= 0.3 is 0 Å². The van der Waals surface area contributed by atoms with Gasteiger partial charge in [-0.25, -0.2) is 0 Å². The van der Waals surface area contributed by atoms with E-state index in [4.69, 9.17) is 0 Å². The van der Waals surface area contributed by atoms with Crippen molar-refractivity contribution in [2.45, 2.75) is 19.3 Å². The van der Waals surface area contributed by atoms with Gasteiger partial charge in [-0.15, -0.1) is 0 Å². The van der Waals surface area contributed by atoms with Crippen LogP contribution in [0.3, 0.4) is 0 Å². The predicted octanol–water partition coefficient (Wildman–Crippen LogP) is 14.8. The molecule has 0 atom stereocenters. The Hall–Kier alpha value is -6.70. The van der Waals surface area contributed by atoms with Crippen LogP contribution in [0.5, 0.6) is 0 Å². The summed E-state index contributed by atoms with van der Waals surface area (Å²) in [6.07, 6.45) is 0. The lowest BCUT2D eigenvalue weighted by Gasteiger charge is -2.30. The molecule has 1 aliphatic carbocycles. The second-order valence-corrected chi connectivity index (χ2v) is 14.9. The number of anilines is 3. The molecule has 0 amide bonds. The van der Waals surface area contributed by atoms with Gasteiger partial charge in [-0.2, -0.15) is 0 Å². The molecule has 10 rings (SSSR count). The van der Waals surface area contributed by atoms with Crippen molar-refractivity contribution < 1.29 is 0 Å². The van der Waals surface area contributed by atoms with Crippen LogP contribution in [0.2, 0.25) is 0 Å². The Labute approximate surface area is 317 Å². The van der Waals surface area contributed by atoms with Crippen molar-refractivity contribution in [3.05, 3.63) is 211 Å². The molecule has 54 heavy (non-hydrogen) atoms. The number of para-hydroxylation sites is 2. The average molecular weight is 690 g/mol. The van der Waals surface area contributed by atoms with Gasteiger partial charge in [-0.05, 0) is 120 Å². The van der Waals surface area contributed by atoms with Crippen LogP contribution in [0.25, 0.3) is 66.1 Å². The van der Waals surface area contributed by atoms with Crippen molar-refractivity contribution in [1.82, 2.24) is 0 Å². The SMILES string of the molecule is CC1(C)c2cc(N(c3ccccc3)c3ccccc3-c3cc4ccccc4cc3-c3ccc4ccccc4c3)ccc2-c2c(-c3ccccc3)cccc21. The van der Waals surface area contributed by atoms with Crippen molar-refractivity contribution in [3.63, 3.8) is 0 Å². The Kier molecular flexibility index (Phi) is 7.56. The minimum atomic E-state index is -0.172. The molecule has 0 saturated carbocycles. The fourth-order valence-electron chi connectivity index (χ4n) is 8.73. The lowest BCUT2D eigenvalue weighted by atomic mass is 9.81. The van der Waals surface area contributed by atoms with Gasteiger partial charge in [-0.3, -0.25) is 0 Å². The van der Waals surface area contributed by atoms with Crippen LogP contribution in [-0.2, 0) is 5.41 Å². The van der Waals surface area contributed by atoms with E-state index in [1.165, 1.54) is 77.2 Å². The normalized spacial score (nSPS) is 12.8. The van der Waals surface area contributed by atoms with Crippen LogP contribution < -0.4 is 4.90 Å². The molecule has 0 bridgehead atoms. The van der Waals surface area contributed by atoms with Crippen molar-refractivity contribution in [2.75, 3.05) is 4.90 Å². The molecule has 0 aromatic heterocycles. The van der Waals surface area contributed by atoms with Gasteiger partial charge in [0.25, 0.3) is 0 Å². The summed E-state index contributed by atoms with van der Waals surface area (Å²) in [5.41, 5.74) is 16.0. The van der Waals surface area contributed by atoms with Crippen molar-refractivity contribution in [2.24, 2.45) is 0 Å². The van der Waals surface area contributed by atoms with E-state index in [1.807, 2.05) is 0 Å². The molecular weight excluding hydrogens is 651 g/mol. The Morgan fingerprint density at radius 1 is 0.333 bits per heavy atom. The van der Waals surface area contributed by atoms with Crippen LogP contribution in [0.15, 0.2) is 200 Å². The van der Waals surface area contributed by atoms with Crippen molar-refractivity contribution in [1.29, 1.82) is 0 Å². The van der Waals surface area contributed by atoms with E-state index >= 15 is 0 Å². The van der Waals surface area contributed by atoms with Crippen LogP contribution in [0.4, 0.5) is 17.1 Å². The highest BCUT2D eigenvalue weighted by Crippen LogP contribution is 2.54. The zero-order valence-corrected chi connectivity index (χ0v) is 30.5. The fraction of sp³-hybridized carbons (Fsp3) is 0.0566. The molecule has 256 valence electrons. The molecule has 0 aliphatic heterocycles. The maximum Gasteiger partial charge on any atom is 0.0540 e. The number of rotatable bonds is 6. The third kappa shape index (κ3) is 5.24. The standard InChI is InChI=1S/C53H39N/c1-53(2)49-26-15-25-44(37-17-5-3-6-18-37)52(49)46-31-30-43(35-50(46)53)54(42-22-7-4-8-23-42)51-27-14-13-24-45(51)48-34-40-21-12-11-20-39(40)33-47(48)41-29-28-36-16-9-10-19-38(36)32-41/h3-35H,1-2H3. The van der Waals surface area contributed by atoms with E-state index < -0.39 is 0 Å². The Morgan fingerprint density at radius 3 is 1.70 bits per heavy atom. The van der Waals surface area contributed by atoms with E-state index in [9.17, 15) is 0 Å². The summed E-state index contributed by atoms with van der Waals surface area (Å²) >= 11 is 0. The number of hydrogen-bond donors (Lipinski definition) is 0. The second kappa shape index (κ2) is 12.8. The Morgan fingerprint density at radius 2 is 0.944 bits per heavy atom. The summed E-state index contributed by atoms with van der Waals surface area (Å²) in [6.45, 7) is 4.75. The molecule has 0 N–H and O–H groups in total. The van der Waals surface area contributed by atoms with Gasteiger partial charge in [-0.1, -0.05) is 166 Å². The molecule has 9 aromatic rings. The summed E-state index contributed by atoms with van der Waals surface area (Å²) in [4.78, 5) is 2.45. The van der Waals surface area contributed by atoms with E-state index in [0.717, 1.165) is 17.1 Å². The lowest BCUT2D eigenvalue weighted by molar-refractivity contribution is 0.660. The van der Waals surface area contributed by atoms with Crippen LogP contribution in [0.1, 0.15) is 25.0 Å². The van der Waals surface area contributed by atoms with Gasteiger partial charge in [0.2, 0.25) is 0 Å². The topological polar surface area (TPSA) is 3.24 Å². The second-order valence-electron chi connectivity index (χ2n) is 14.9. The lowest BCUT2D eigenvalue weighted by Crippen LogP contribution is -2.17.